The van der Waals surface area contributed by atoms with E-state index in [4.69, 9.17) is 10.5 Å². The molecule has 1 unspecified atom stereocenters. The lowest BCUT2D eigenvalue weighted by molar-refractivity contribution is 0.0983. The number of carbonyl (C=O) groups is 1. The van der Waals surface area contributed by atoms with Gasteiger partial charge in [-0.25, -0.2) is 0 Å². The number of aliphatic hydroxyl groups excluding tert-OH is 1. The first kappa shape index (κ1) is 20.6. The van der Waals surface area contributed by atoms with Crippen LogP contribution in [0.3, 0.4) is 0 Å². The van der Waals surface area contributed by atoms with Gasteiger partial charge in [0.05, 0.1) is 18.6 Å². The van der Waals surface area contributed by atoms with Crippen molar-refractivity contribution in [2.75, 3.05) is 13.7 Å². The molecule has 0 aliphatic carbocycles. The molecule has 3 N–H and O–H groups in total. The van der Waals surface area contributed by atoms with Gasteiger partial charge in [0.15, 0.2) is 5.78 Å². The van der Waals surface area contributed by atoms with Gasteiger partial charge >= 0.3 is 0 Å². The molecule has 0 spiro atoms. The number of Topliss-reactive ketones (excluding diaryl/α,β-unsaturated/α-hetero) is 1. The molecule has 0 aliphatic heterocycles. The highest BCUT2D eigenvalue weighted by molar-refractivity contribution is 7.14. The molecule has 142 valence electrons. The molecule has 2 rings (SSSR count). The molecule has 5 heteroatoms. The summed E-state index contributed by atoms with van der Waals surface area (Å²) in [5.41, 5.74) is 6.67. The first-order valence-corrected chi connectivity index (χ1v) is 9.90. The monoisotopic (exact) mass is 375 g/mol. The van der Waals surface area contributed by atoms with E-state index in [1.54, 1.807) is 18.4 Å². The van der Waals surface area contributed by atoms with Crippen molar-refractivity contribution in [1.82, 2.24) is 0 Å². The Balaban J connectivity index is 1.72. The molecule has 0 aliphatic rings. The molecule has 1 aromatic carbocycles. The molecule has 0 saturated heterocycles. The second kappa shape index (κ2) is 9.86. The number of aryl methyl sites for hydroxylation is 2. The fourth-order valence-corrected chi connectivity index (χ4v) is 3.65. The Hall–Kier alpha value is -1.69. The van der Waals surface area contributed by atoms with Gasteiger partial charge in [-0.1, -0.05) is 12.1 Å². The third kappa shape index (κ3) is 6.56. The Morgan fingerprint density at radius 3 is 2.54 bits per heavy atom. The van der Waals surface area contributed by atoms with Crippen molar-refractivity contribution in [3.05, 3.63) is 51.7 Å². The number of ketones is 1. The fourth-order valence-electron chi connectivity index (χ4n) is 2.68. The second-order valence-electron chi connectivity index (χ2n) is 7.06. The summed E-state index contributed by atoms with van der Waals surface area (Å²) in [4.78, 5) is 14.3. The third-order valence-corrected chi connectivity index (χ3v) is 5.70. The van der Waals surface area contributed by atoms with Crippen LogP contribution in [0.1, 0.15) is 52.7 Å². The summed E-state index contributed by atoms with van der Waals surface area (Å²) in [7, 11) is 1.66. The number of aliphatic hydroxyl groups is 1. The summed E-state index contributed by atoms with van der Waals surface area (Å²) in [5.74, 6) is 1.08. The van der Waals surface area contributed by atoms with E-state index in [1.807, 2.05) is 31.2 Å². The van der Waals surface area contributed by atoms with Gasteiger partial charge in [0.2, 0.25) is 0 Å². The zero-order chi connectivity index (χ0) is 19.0. The molecular weight excluding hydrogens is 346 g/mol. The molecule has 0 fully saturated rings. The number of hydrogen-bond donors (Lipinski definition) is 2. The van der Waals surface area contributed by atoms with Crippen molar-refractivity contribution >= 4 is 17.1 Å². The molecule has 0 amide bonds. The number of unbranched alkanes of at least 4 members (excludes halogenated alkanes) is 1. The highest BCUT2D eigenvalue weighted by Crippen LogP contribution is 2.22. The second-order valence-corrected chi connectivity index (χ2v) is 8.22. The number of rotatable bonds is 11. The lowest BCUT2D eigenvalue weighted by Crippen LogP contribution is -2.40. The van der Waals surface area contributed by atoms with Crippen molar-refractivity contribution in [3.8, 4) is 5.75 Å². The summed E-state index contributed by atoms with van der Waals surface area (Å²) in [5, 5.41) is 9.21. The summed E-state index contributed by atoms with van der Waals surface area (Å²) in [6.45, 7) is 1.81. The molecule has 0 saturated carbocycles. The highest BCUT2D eigenvalue weighted by atomic mass is 32.1. The third-order valence-electron chi connectivity index (χ3n) is 4.52. The van der Waals surface area contributed by atoms with Gasteiger partial charge in [-0.05, 0) is 68.9 Å². The molecular formula is C21H29NO3S. The first-order chi connectivity index (χ1) is 12.4. The Labute approximate surface area is 160 Å². The van der Waals surface area contributed by atoms with Crippen LogP contribution in [0.5, 0.6) is 5.75 Å². The topological polar surface area (TPSA) is 72.5 Å². The van der Waals surface area contributed by atoms with Crippen LogP contribution < -0.4 is 10.5 Å². The number of ether oxygens (including phenoxy) is 1. The van der Waals surface area contributed by atoms with Crippen LogP contribution >= 0.6 is 11.3 Å². The van der Waals surface area contributed by atoms with Crippen molar-refractivity contribution in [1.29, 1.82) is 0 Å². The van der Waals surface area contributed by atoms with Crippen LogP contribution in [-0.4, -0.2) is 30.1 Å². The number of thiophene rings is 1. The maximum Gasteiger partial charge on any atom is 0.172 e. The maximum absolute atomic E-state index is 12.3. The van der Waals surface area contributed by atoms with Crippen LogP contribution in [-0.2, 0) is 12.8 Å². The molecule has 0 bridgehead atoms. The Morgan fingerprint density at radius 1 is 1.15 bits per heavy atom. The summed E-state index contributed by atoms with van der Waals surface area (Å²) >= 11 is 1.55. The van der Waals surface area contributed by atoms with Crippen LogP contribution in [0, 0.1) is 0 Å². The van der Waals surface area contributed by atoms with Crippen LogP contribution in [0.4, 0.5) is 0 Å². The highest BCUT2D eigenvalue weighted by Gasteiger charge is 2.17. The van der Waals surface area contributed by atoms with Gasteiger partial charge in [-0.2, -0.15) is 0 Å². The van der Waals surface area contributed by atoms with Gasteiger partial charge in [0.25, 0.3) is 0 Å². The van der Waals surface area contributed by atoms with Crippen molar-refractivity contribution in [3.63, 3.8) is 0 Å². The average Bonchev–Trinajstić information content (AvgIpc) is 3.13. The van der Waals surface area contributed by atoms with Gasteiger partial charge < -0.3 is 15.6 Å². The zero-order valence-electron chi connectivity index (χ0n) is 15.7. The Morgan fingerprint density at radius 2 is 1.88 bits per heavy atom. The van der Waals surface area contributed by atoms with Gasteiger partial charge in [-0.3, -0.25) is 4.79 Å². The van der Waals surface area contributed by atoms with E-state index < -0.39 is 5.54 Å². The fraction of sp³-hybridized carbons (Fsp3) is 0.476. The van der Waals surface area contributed by atoms with E-state index in [1.165, 1.54) is 5.56 Å². The molecule has 1 aromatic heterocycles. The molecule has 1 atom stereocenters. The van der Waals surface area contributed by atoms with Gasteiger partial charge in [0, 0.05) is 16.8 Å². The number of hydrogen-bond acceptors (Lipinski definition) is 5. The molecule has 0 radical (unpaired) electrons. The van der Waals surface area contributed by atoms with Crippen molar-refractivity contribution < 1.29 is 14.6 Å². The average molecular weight is 376 g/mol. The van der Waals surface area contributed by atoms with Gasteiger partial charge in [-0.15, -0.1) is 11.3 Å². The van der Waals surface area contributed by atoms with E-state index in [0.29, 0.717) is 12.8 Å². The van der Waals surface area contributed by atoms with E-state index >= 15 is 0 Å². The summed E-state index contributed by atoms with van der Waals surface area (Å²) in [6.07, 6.45) is 4.95. The van der Waals surface area contributed by atoms with Crippen molar-refractivity contribution in [2.24, 2.45) is 5.73 Å². The number of methoxy groups -OCH3 is 1. The lowest BCUT2D eigenvalue weighted by Gasteiger charge is -2.20. The normalized spacial score (nSPS) is 13.4. The first-order valence-electron chi connectivity index (χ1n) is 9.08. The van der Waals surface area contributed by atoms with Crippen LogP contribution in [0.2, 0.25) is 0 Å². The maximum atomic E-state index is 12.3. The number of carbonyl (C=O) groups excluding carboxylic acids is 1. The Kier molecular flexibility index (Phi) is 7.82. The molecule has 1 heterocycles. The van der Waals surface area contributed by atoms with Crippen LogP contribution in [0.15, 0.2) is 36.4 Å². The minimum absolute atomic E-state index is 0.0294. The van der Waals surface area contributed by atoms with Crippen LogP contribution in [0.25, 0.3) is 0 Å². The van der Waals surface area contributed by atoms with Gasteiger partial charge in [0.1, 0.15) is 5.75 Å². The minimum Gasteiger partial charge on any atom is -0.497 e. The predicted octanol–water partition coefficient (Wildman–Crippen LogP) is 3.99. The largest absolute Gasteiger partial charge is 0.497 e. The van der Waals surface area contributed by atoms with E-state index in [0.717, 1.165) is 41.2 Å². The molecule has 4 nitrogen and oxygen atoms in total. The number of benzene rings is 1. The smallest absolute Gasteiger partial charge is 0.172 e. The quantitative estimate of drug-likeness (QED) is 0.460. The minimum atomic E-state index is -0.560. The lowest BCUT2D eigenvalue weighted by atomic mass is 9.98. The predicted molar refractivity (Wildman–Crippen MR) is 107 cm³/mol. The van der Waals surface area contributed by atoms with E-state index in [-0.39, 0.29) is 12.4 Å². The Bertz CT molecular complexity index is 692. The summed E-state index contributed by atoms with van der Waals surface area (Å²) < 4.78 is 5.16. The zero-order valence-corrected chi connectivity index (χ0v) is 16.5. The molecule has 2 aromatic rings. The summed E-state index contributed by atoms with van der Waals surface area (Å²) in [6, 6.07) is 12.0. The SMILES string of the molecule is COc1ccc(CCCCC(=O)c2ccc(CCC(C)(N)CO)s2)cc1. The standard InChI is InChI=1S/C21H29NO3S/c1-21(22,15-23)14-13-18-11-12-20(26-18)19(24)6-4-3-5-16-7-9-17(25-2)10-8-16/h7-12,23H,3-6,13-15,22H2,1-2H3. The van der Waals surface area contributed by atoms with E-state index in [2.05, 4.69) is 12.1 Å². The van der Waals surface area contributed by atoms with Crippen molar-refractivity contribution in [2.45, 2.75) is 51.0 Å². The van der Waals surface area contributed by atoms with E-state index in [9.17, 15) is 9.90 Å². The molecule has 26 heavy (non-hydrogen) atoms. The number of nitrogens with two attached hydrogens (primary N) is 1.